The van der Waals surface area contributed by atoms with Gasteiger partial charge in [-0.2, -0.15) is 4.58 Å². The van der Waals surface area contributed by atoms with Crippen LogP contribution in [-0.2, 0) is 5.41 Å². The molecule has 0 spiro atoms. The molecule has 0 aromatic heterocycles. The van der Waals surface area contributed by atoms with Gasteiger partial charge in [0.25, 0.3) is 0 Å². The van der Waals surface area contributed by atoms with E-state index >= 15 is 0 Å². The largest absolute Gasteiger partial charge is 0.508 e. The summed E-state index contributed by atoms with van der Waals surface area (Å²) in [5, 5.41) is 19.3. The van der Waals surface area contributed by atoms with Gasteiger partial charge in [0, 0.05) is 29.3 Å². The minimum atomic E-state index is -0.0889. The fraction of sp³-hybridized carbons (Fsp3) is 0.211. The number of para-hydroxylation sites is 1. The Labute approximate surface area is 130 Å². The predicted molar refractivity (Wildman–Crippen MR) is 89.1 cm³/mol. The smallest absolute Gasteiger partial charge is 0.209 e. The fourth-order valence-corrected chi connectivity index (χ4v) is 3.14. The average molecular weight is 294 g/mol. The molecule has 3 heteroatoms. The lowest BCUT2D eigenvalue weighted by Crippen LogP contribution is -2.26. The number of phenols is 2. The Balaban J connectivity index is 2.02. The van der Waals surface area contributed by atoms with E-state index in [2.05, 4.69) is 43.7 Å². The zero-order chi connectivity index (χ0) is 15.9. The molecule has 3 nitrogen and oxygen atoms in total. The second-order valence-electron chi connectivity index (χ2n) is 6.16. The quantitative estimate of drug-likeness (QED) is 0.827. The Kier molecular flexibility index (Phi) is 3.28. The second kappa shape index (κ2) is 5.02. The summed E-state index contributed by atoms with van der Waals surface area (Å²) in [6, 6.07) is 13.0. The van der Waals surface area contributed by atoms with Crippen molar-refractivity contribution < 1.29 is 14.8 Å². The van der Waals surface area contributed by atoms with Crippen molar-refractivity contribution in [2.75, 3.05) is 7.05 Å². The molecule has 2 aromatic carbocycles. The number of nitrogens with zero attached hydrogens (tertiary/aromatic N) is 1. The molecule has 0 unspecified atom stereocenters. The van der Waals surface area contributed by atoms with E-state index in [9.17, 15) is 10.2 Å². The van der Waals surface area contributed by atoms with Gasteiger partial charge in [0.2, 0.25) is 5.69 Å². The molecule has 0 saturated carbocycles. The minimum Gasteiger partial charge on any atom is -0.508 e. The van der Waals surface area contributed by atoms with Crippen molar-refractivity contribution in [3.8, 4) is 11.5 Å². The number of fused-ring (bicyclic) bond motifs is 1. The van der Waals surface area contributed by atoms with Crippen LogP contribution in [0.4, 0.5) is 5.69 Å². The first-order valence-electron chi connectivity index (χ1n) is 7.32. The second-order valence-corrected chi connectivity index (χ2v) is 6.16. The van der Waals surface area contributed by atoms with E-state index in [1.165, 1.54) is 23.0 Å². The highest BCUT2D eigenvalue weighted by molar-refractivity contribution is 6.05. The van der Waals surface area contributed by atoms with Crippen LogP contribution in [0, 0.1) is 0 Å². The van der Waals surface area contributed by atoms with E-state index in [1.54, 1.807) is 12.1 Å². The van der Waals surface area contributed by atoms with Crippen LogP contribution in [0.3, 0.4) is 0 Å². The van der Waals surface area contributed by atoms with Crippen LogP contribution in [0.2, 0.25) is 0 Å². The number of hydrogen-bond acceptors (Lipinski definition) is 2. The third-order valence-corrected chi connectivity index (χ3v) is 4.38. The predicted octanol–water partition coefficient (Wildman–Crippen LogP) is 3.82. The average Bonchev–Trinajstić information content (AvgIpc) is 2.67. The number of aromatic hydroxyl groups is 2. The van der Waals surface area contributed by atoms with Crippen molar-refractivity contribution >= 4 is 17.5 Å². The standard InChI is InChI=1S/C19H19NO2/c1-19(2)15-6-4-5-7-16(15)20(3)18(19)11-9-13-8-10-14(21)12-17(13)22/h4-12H,1-3H3,(H,21,22)/p+1. The van der Waals surface area contributed by atoms with Crippen LogP contribution in [0.15, 0.2) is 48.5 Å². The molecular weight excluding hydrogens is 274 g/mol. The summed E-state index contributed by atoms with van der Waals surface area (Å²) in [6.07, 6.45) is 3.92. The first-order valence-corrected chi connectivity index (χ1v) is 7.32. The number of rotatable bonds is 2. The monoisotopic (exact) mass is 294 g/mol. The van der Waals surface area contributed by atoms with Crippen LogP contribution in [-0.4, -0.2) is 27.5 Å². The maximum absolute atomic E-state index is 9.90. The lowest BCUT2D eigenvalue weighted by molar-refractivity contribution is -0.401. The van der Waals surface area contributed by atoms with Gasteiger partial charge in [0.1, 0.15) is 18.5 Å². The van der Waals surface area contributed by atoms with Crippen molar-refractivity contribution in [1.82, 2.24) is 0 Å². The van der Waals surface area contributed by atoms with E-state index in [4.69, 9.17) is 0 Å². The summed E-state index contributed by atoms with van der Waals surface area (Å²) in [7, 11) is 2.06. The van der Waals surface area contributed by atoms with Crippen molar-refractivity contribution in [2.24, 2.45) is 0 Å². The highest BCUT2D eigenvalue weighted by Gasteiger charge is 2.42. The molecule has 0 saturated heterocycles. The molecule has 0 amide bonds. The normalized spacial score (nSPS) is 16.3. The molecule has 0 atom stereocenters. The lowest BCUT2D eigenvalue weighted by atomic mass is 9.81. The summed E-state index contributed by atoms with van der Waals surface area (Å²) < 4.78 is 2.18. The number of allylic oxidation sites excluding steroid dienone is 1. The molecule has 0 radical (unpaired) electrons. The Morgan fingerprint density at radius 2 is 1.73 bits per heavy atom. The fourth-order valence-electron chi connectivity index (χ4n) is 3.14. The van der Waals surface area contributed by atoms with E-state index in [0.29, 0.717) is 5.56 Å². The van der Waals surface area contributed by atoms with Crippen molar-refractivity contribution in [1.29, 1.82) is 0 Å². The van der Waals surface area contributed by atoms with Gasteiger partial charge in [-0.15, -0.1) is 0 Å². The van der Waals surface area contributed by atoms with E-state index in [-0.39, 0.29) is 16.9 Å². The molecule has 0 aliphatic carbocycles. The van der Waals surface area contributed by atoms with Gasteiger partial charge in [0.05, 0.1) is 5.41 Å². The minimum absolute atomic E-state index is 0.0630. The van der Waals surface area contributed by atoms with Gasteiger partial charge < -0.3 is 10.2 Å². The Bertz CT molecular complexity index is 801. The molecule has 1 aliphatic heterocycles. The van der Waals surface area contributed by atoms with Gasteiger partial charge in [-0.3, -0.25) is 0 Å². The third kappa shape index (κ3) is 2.19. The first-order chi connectivity index (χ1) is 10.4. The molecule has 2 N–H and O–H groups in total. The van der Waals surface area contributed by atoms with Gasteiger partial charge in [-0.1, -0.05) is 18.2 Å². The lowest BCUT2D eigenvalue weighted by Gasteiger charge is -2.15. The maximum atomic E-state index is 9.90. The van der Waals surface area contributed by atoms with Crippen molar-refractivity contribution in [2.45, 2.75) is 19.3 Å². The molecule has 1 heterocycles. The third-order valence-electron chi connectivity index (χ3n) is 4.38. The summed E-state index contributed by atoms with van der Waals surface area (Å²) in [5.41, 5.74) is 4.27. The van der Waals surface area contributed by atoms with Gasteiger partial charge in [-0.25, -0.2) is 0 Å². The molecule has 0 bridgehead atoms. The summed E-state index contributed by atoms with van der Waals surface area (Å²) >= 11 is 0. The van der Waals surface area contributed by atoms with Gasteiger partial charge in [0.15, 0.2) is 5.71 Å². The molecule has 2 aromatic rings. The zero-order valence-corrected chi connectivity index (χ0v) is 13.0. The molecule has 22 heavy (non-hydrogen) atoms. The zero-order valence-electron chi connectivity index (χ0n) is 13.0. The summed E-state index contributed by atoms with van der Waals surface area (Å²) in [4.78, 5) is 0. The van der Waals surface area contributed by atoms with Crippen LogP contribution in [0.1, 0.15) is 25.0 Å². The van der Waals surface area contributed by atoms with E-state index in [1.807, 2.05) is 18.2 Å². The highest BCUT2D eigenvalue weighted by atomic mass is 16.3. The summed E-state index contributed by atoms with van der Waals surface area (Å²) in [6.45, 7) is 4.40. The van der Waals surface area contributed by atoms with Gasteiger partial charge >= 0.3 is 0 Å². The molecule has 1 aliphatic rings. The van der Waals surface area contributed by atoms with Crippen LogP contribution < -0.4 is 0 Å². The van der Waals surface area contributed by atoms with E-state index < -0.39 is 0 Å². The summed E-state index contributed by atoms with van der Waals surface area (Å²) in [5.74, 6) is 0.140. The molecule has 112 valence electrons. The Morgan fingerprint density at radius 3 is 2.41 bits per heavy atom. The Morgan fingerprint density at radius 1 is 1.00 bits per heavy atom. The highest BCUT2D eigenvalue weighted by Crippen LogP contribution is 2.39. The van der Waals surface area contributed by atoms with Crippen LogP contribution >= 0.6 is 0 Å². The topological polar surface area (TPSA) is 43.5 Å². The molecule has 0 fully saturated rings. The molecule has 3 rings (SSSR count). The van der Waals surface area contributed by atoms with Gasteiger partial charge in [-0.05, 0) is 32.1 Å². The molecular formula is C19H20NO2+. The van der Waals surface area contributed by atoms with Crippen LogP contribution in [0.5, 0.6) is 11.5 Å². The van der Waals surface area contributed by atoms with Crippen LogP contribution in [0.25, 0.3) is 6.08 Å². The van der Waals surface area contributed by atoms with Crippen molar-refractivity contribution in [3.05, 3.63) is 59.7 Å². The first kappa shape index (κ1) is 14.4. The van der Waals surface area contributed by atoms with Crippen molar-refractivity contribution in [3.63, 3.8) is 0 Å². The number of benzene rings is 2. The Hall–Kier alpha value is -2.55. The maximum Gasteiger partial charge on any atom is 0.209 e. The van der Waals surface area contributed by atoms with E-state index in [0.717, 1.165) is 0 Å². The number of phenolic OH excluding ortho intramolecular Hbond substituents is 2. The SMILES string of the molecule is C[N+]1=C(/C=C/c2ccc(O)cc2O)C(C)(C)c2ccccc21. The number of hydrogen-bond donors (Lipinski definition) is 2.